The molecule has 0 saturated heterocycles. The summed E-state index contributed by atoms with van der Waals surface area (Å²) in [4.78, 5) is 34.9. The molecule has 1 amide bonds. The minimum Gasteiger partial charge on any atom is -0.339 e. The van der Waals surface area contributed by atoms with E-state index in [0.29, 0.717) is 24.7 Å². The number of nitrogens with one attached hydrogen (secondary N) is 2. The van der Waals surface area contributed by atoms with Gasteiger partial charge in [-0.15, -0.1) is 0 Å². The Labute approximate surface area is 138 Å². The van der Waals surface area contributed by atoms with Crippen LogP contribution in [0.1, 0.15) is 25.2 Å². The van der Waals surface area contributed by atoms with Crippen molar-refractivity contribution >= 4 is 23.1 Å². The van der Waals surface area contributed by atoms with Crippen LogP contribution in [-0.4, -0.2) is 25.9 Å². The molecule has 0 unspecified atom stereocenters. The van der Waals surface area contributed by atoms with Crippen LogP contribution in [0.3, 0.4) is 0 Å². The van der Waals surface area contributed by atoms with Crippen molar-refractivity contribution in [2.45, 2.75) is 26.8 Å². The van der Waals surface area contributed by atoms with Gasteiger partial charge >= 0.3 is 0 Å². The van der Waals surface area contributed by atoms with Gasteiger partial charge in [0, 0.05) is 12.4 Å². The molecule has 0 aromatic carbocycles. The summed E-state index contributed by atoms with van der Waals surface area (Å²) in [6.07, 6.45) is 6.63. The Hall–Kier alpha value is -2.96. The lowest BCUT2D eigenvalue weighted by Crippen LogP contribution is -2.23. The molecule has 3 rings (SSSR count). The van der Waals surface area contributed by atoms with E-state index in [-0.39, 0.29) is 11.2 Å². The molecule has 3 aromatic heterocycles. The summed E-state index contributed by atoms with van der Waals surface area (Å²) >= 11 is 0. The second-order valence-electron chi connectivity index (χ2n) is 6.09. The van der Waals surface area contributed by atoms with Gasteiger partial charge in [-0.2, -0.15) is 0 Å². The predicted octanol–water partition coefficient (Wildman–Crippen LogP) is 1.93. The van der Waals surface area contributed by atoms with Gasteiger partial charge in [0.25, 0.3) is 5.56 Å². The maximum atomic E-state index is 12.3. The number of amides is 1. The number of aromatic nitrogens is 4. The van der Waals surface area contributed by atoms with Gasteiger partial charge in [-0.05, 0) is 30.0 Å². The average Bonchev–Trinajstić information content (AvgIpc) is 2.95. The first kappa shape index (κ1) is 15.9. The van der Waals surface area contributed by atoms with Crippen molar-refractivity contribution in [1.82, 2.24) is 19.5 Å². The molecule has 0 aliphatic carbocycles. The van der Waals surface area contributed by atoms with Gasteiger partial charge in [-0.1, -0.05) is 13.8 Å². The summed E-state index contributed by atoms with van der Waals surface area (Å²) < 4.78 is 1.50. The summed E-state index contributed by atoms with van der Waals surface area (Å²) in [5.74, 6) is 1.18. The lowest BCUT2D eigenvalue weighted by Gasteiger charge is -2.05. The van der Waals surface area contributed by atoms with E-state index in [2.05, 4.69) is 34.1 Å². The van der Waals surface area contributed by atoms with E-state index in [1.165, 1.54) is 4.57 Å². The van der Waals surface area contributed by atoms with E-state index in [9.17, 15) is 9.59 Å². The van der Waals surface area contributed by atoms with Crippen molar-refractivity contribution in [2.75, 3.05) is 5.32 Å². The third-order valence-electron chi connectivity index (χ3n) is 3.70. The lowest BCUT2D eigenvalue weighted by molar-refractivity contribution is -0.105. The van der Waals surface area contributed by atoms with Crippen LogP contribution >= 0.6 is 0 Å². The number of carbonyl (C=O) groups excluding carboxylic acids is 1. The molecule has 0 fully saturated rings. The monoisotopic (exact) mass is 325 g/mol. The fourth-order valence-corrected chi connectivity index (χ4v) is 2.70. The second kappa shape index (κ2) is 6.66. The Morgan fingerprint density at radius 1 is 1.38 bits per heavy atom. The summed E-state index contributed by atoms with van der Waals surface area (Å²) in [5, 5.41) is 2.40. The van der Waals surface area contributed by atoms with Crippen LogP contribution in [0.25, 0.3) is 11.0 Å². The number of anilines is 1. The molecule has 0 saturated carbocycles. The van der Waals surface area contributed by atoms with Gasteiger partial charge in [0.05, 0.1) is 23.8 Å². The first-order valence-electron chi connectivity index (χ1n) is 7.79. The highest BCUT2D eigenvalue weighted by molar-refractivity contribution is 5.77. The third kappa shape index (κ3) is 3.19. The molecule has 2 N–H and O–H groups in total. The molecule has 3 aromatic rings. The number of carbonyl (C=O) groups is 1. The number of imidazole rings is 1. The predicted molar refractivity (Wildman–Crippen MR) is 91.9 cm³/mol. The number of rotatable bonds is 6. The summed E-state index contributed by atoms with van der Waals surface area (Å²) in [5.41, 5.74) is 2.81. The van der Waals surface area contributed by atoms with Crippen LogP contribution in [0.4, 0.5) is 5.69 Å². The van der Waals surface area contributed by atoms with Gasteiger partial charge in [-0.3, -0.25) is 14.6 Å². The van der Waals surface area contributed by atoms with E-state index in [1.807, 2.05) is 6.20 Å². The molecular weight excluding hydrogens is 306 g/mol. The van der Waals surface area contributed by atoms with Crippen molar-refractivity contribution in [1.29, 1.82) is 0 Å². The van der Waals surface area contributed by atoms with E-state index < -0.39 is 0 Å². The largest absolute Gasteiger partial charge is 0.339 e. The Morgan fingerprint density at radius 3 is 2.96 bits per heavy atom. The smallest absolute Gasteiger partial charge is 0.274 e. The zero-order valence-electron chi connectivity index (χ0n) is 13.6. The van der Waals surface area contributed by atoms with Crippen molar-refractivity contribution in [3.63, 3.8) is 0 Å². The highest BCUT2D eigenvalue weighted by Crippen LogP contribution is 2.18. The first-order chi connectivity index (χ1) is 11.6. The number of nitrogens with zero attached hydrogens (tertiary/aromatic N) is 3. The Balaban J connectivity index is 1.95. The maximum Gasteiger partial charge on any atom is 0.274 e. The van der Waals surface area contributed by atoms with Gasteiger partial charge in [-0.25, -0.2) is 4.98 Å². The number of aromatic amines is 1. The van der Waals surface area contributed by atoms with Crippen LogP contribution in [0.15, 0.2) is 35.5 Å². The number of hydrogen-bond acceptors (Lipinski definition) is 4. The second-order valence-corrected chi connectivity index (χ2v) is 6.09. The molecule has 124 valence electrons. The normalized spacial score (nSPS) is 11.1. The van der Waals surface area contributed by atoms with E-state index in [0.717, 1.165) is 23.0 Å². The summed E-state index contributed by atoms with van der Waals surface area (Å²) in [7, 11) is 0. The van der Waals surface area contributed by atoms with Crippen LogP contribution < -0.4 is 10.9 Å². The minimum atomic E-state index is -0.273. The fourth-order valence-electron chi connectivity index (χ4n) is 2.70. The van der Waals surface area contributed by atoms with E-state index in [1.54, 1.807) is 24.5 Å². The number of fused-ring (bicyclic) bond motifs is 1. The standard InChI is InChI=1S/C17H19N5O2/c1-11(2)6-12-7-18-8-14-16(12)21-15(20-14)9-22-5-3-4-13(17(22)24)19-10-23/h3-5,7-8,10-11H,6,9H2,1-2H3,(H,19,23)(H,20,21). The molecular formula is C17H19N5O2. The van der Waals surface area contributed by atoms with E-state index in [4.69, 9.17) is 0 Å². The zero-order chi connectivity index (χ0) is 17.1. The van der Waals surface area contributed by atoms with Crippen molar-refractivity contribution in [3.05, 3.63) is 52.5 Å². The van der Waals surface area contributed by atoms with Crippen molar-refractivity contribution in [2.24, 2.45) is 5.92 Å². The molecule has 0 spiro atoms. The number of H-pyrrole nitrogens is 1. The van der Waals surface area contributed by atoms with Gasteiger partial charge in [0.15, 0.2) is 0 Å². The van der Waals surface area contributed by atoms with E-state index >= 15 is 0 Å². The highest BCUT2D eigenvalue weighted by atomic mass is 16.1. The first-order valence-corrected chi connectivity index (χ1v) is 7.79. The molecule has 0 bridgehead atoms. The Bertz CT molecular complexity index is 926. The van der Waals surface area contributed by atoms with Crippen LogP contribution in [0, 0.1) is 5.92 Å². The maximum absolute atomic E-state index is 12.3. The summed E-state index contributed by atoms with van der Waals surface area (Å²) in [6.45, 7) is 4.60. The molecule has 0 aliphatic rings. The number of pyridine rings is 2. The Morgan fingerprint density at radius 2 is 2.21 bits per heavy atom. The van der Waals surface area contributed by atoms with Crippen molar-refractivity contribution < 1.29 is 4.79 Å². The number of hydrogen-bond donors (Lipinski definition) is 2. The van der Waals surface area contributed by atoms with Gasteiger partial charge in [0.2, 0.25) is 6.41 Å². The Kier molecular flexibility index (Phi) is 4.41. The van der Waals surface area contributed by atoms with Crippen LogP contribution in [0.2, 0.25) is 0 Å². The molecule has 7 heteroatoms. The fraction of sp³-hybridized carbons (Fsp3) is 0.294. The molecule has 0 atom stereocenters. The molecule has 3 heterocycles. The SMILES string of the molecule is CC(C)Cc1cncc2[nH]c(Cn3cccc(NC=O)c3=O)nc12. The molecule has 7 nitrogen and oxygen atoms in total. The lowest BCUT2D eigenvalue weighted by atomic mass is 10.0. The van der Waals surface area contributed by atoms with Gasteiger partial charge in [0.1, 0.15) is 11.5 Å². The molecule has 0 radical (unpaired) electrons. The quantitative estimate of drug-likeness (QED) is 0.677. The minimum absolute atomic E-state index is 0.241. The van der Waals surface area contributed by atoms with Crippen LogP contribution in [0.5, 0.6) is 0 Å². The highest BCUT2D eigenvalue weighted by Gasteiger charge is 2.11. The zero-order valence-corrected chi connectivity index (χ0v) is 13.6. The van der Waals surface area contributed by atoms with Crippen LogP contribution in [-0.2, 0) is 17.8 Å². The molecule has 0 aliphatic heterocycles. The van der Waals surface area contributed by atoms with Crippen molar-refractivity contribution in [3.8, 4) is 0 Å². The topological polar surface area (TPSA) is 92.7 Å². The molecule has 24 heavy (non-hydrogen) atoms. The summed E-state index contributed by atoms with van der Waals surface area (Å²) in [6, 6.07) is 3.28. The average molecular weight is 325 g/mol. The third-order valence-corrected chi connectivity index (χ3v) is 3.70. The van der Waals surface area contributed by atoms with Gasteiger partial charge < -0.3 is 14.9 Å².